The van der Waals surface area contributed by atoms with Gasteiger partial charge in [0.15, 0.2) is 11.5 Å². The zero-order valence-electron chi connectivity index (χ0n) is 11.3. The highest BCUT2D eigenvalue weighted by molar-refractivity contribution is 9.10. The number of benzene rings is 2. The molecule has 0 radical (unpaired) electrons. The molecule has 0 aliphatic heterocycles. The molecule has 2 aromatic rings. The molecule has 6 heteroatoms. The van der Waals surface area contributed by atoms with E-state index in [1.54, 1.807) is 18.2 Å². The van der Waals surface area contributed by atoms with Crippen molar-refractivity contribution in [2.24, 2.45) is 0 Å². The number of halogens is 3. The van der Waals surface area contributed by atoms with Crippen LogP contribution in [0.3, 0.4) is 0 Å². The molecule has 112 valence electrons. The Labute approximate surface area is 142 Å². The Hall–Kier alpha value is -1.10. The second kappa shape index (κ2) is 7.25. The topological polar surface area (TPSA) is 41.5 Å². The van der Waals surface area contributed by atoms with Gasteiger partial charge in [-0.05, 0) is 25.1 Å². The molecule has 3 nitrogen and oxygen atoms in total. The fourth-order valence-corrected chi connectivity index (χ4v) is 3.22. The summed E-state index contributed by atoms with van der Waals surface area (Å²) in [5.74, 6) is 0.584. The van der Waals surface area contributed by atoms with E-state index in [-0.39, 0.29) is 5.75 Å². The van der Waals surface area contributed by atoms with Gasteiger partial charge in [-0.1, -0.05) is 51.3 Å². The predicted molar refractivity (Wildman–Crippen MR) is 90.8 cm³/mol. The number of phenolic OH excluding ortho intramolecular Hbond substituents is 1. The lowest BCUT2D eigenvalue weighted by Gasteiger charge is -2.13. The first-order valence-corrected chi connectivity index (χ1v) is 7.90. The number of phenols is 1. The molecule has 0 fully saturated rings. The highest BCUT2D eigenvalue weighted by Crippen LogP contribution is 2.35. The van der Waals surface area contributed by atoms with Crippen molar-refractivity contribution in [3.05, 3.63) is 50.4 Å². The molecule has 0 aliphatic carbocycles. The van der Waals surface area contributed by atoms with Crippen molar-refractivity contribution in [1.82, 2.24) is 0 Å². The van der Waals surface area contributed by atoms with Gasteiger partial charge in [-0.15, -0.1) is 0 Å². The SMILES string of the molecule is CCOc1cccc(CNc2c(Cl)cc(Br)cc2Cl)c1O. The Balaban J connectivity index is 2.19. The van der Waals surface area contributed by atoms with Crippen molar-refractivity contribution in [3.63, 3.8) is 0 Å². The molecule has 0 aliphatic rings. The van der Waals surface area contributed by atoms with E-state index in [1.807, 2.05) is 19.1 Å². The van der Waals surface area contributed by atoms with Gasteiger partial charge in [0.2, 0.25) is 0 Å². The van der Waals surface area contributed by atoms with Crippen molar-refractivity contribution < 1.29 is 9.84 Å². The molecular formula is C15H14BrCl2NO2. The zero-order chi connectivity index (χ0) is 15.4. The Morgan fingerprint density at radius 3 is 2.52 bits per heavy atom. The van der Waals surface area contributed by atoms with E-state index in [0.29, 0.717) is 40.2 Å². The number of hydrogen-bond donors (Lipinski definition) is 2. The van der Waals surface area contributed by atoms with E-state index < -0.39 is 0 Å². The van der Waals surface area contributed by atoms with Gasteiger partial charge >= 0.3 is 0 Å². The summed E-state index contributed by atoms with van der Waals surface area (Å²) in [7, 11) is 0. The van der Waals surface area contributed by atoms with Crippen LogP contribution in [0.25, 0.3) is 0 Å². The molecule has 0 saturated heterocycles. The van der Waals surface area contributed by atoms with E-state index >= 15 is 0 Å². The Bertz CT molecular complexity index is 627. The van der Waals surface area contributed by atoms with Gasteiger partial charge in [-0.2, -0.15) is 0 Å². The van der Waals surface area contributed by atoms with Crippen LogP contribution in [0.2, 0.25) is 10.0 Å². The van der Waals surface area contributed by atoms with Crippen LogP contribution in [-0.2, 0) is 6.54 Å². The highest BCUT2D eigenvalue weighted by atomic mass is 79.9. The third-order valence-corrected chi connectivity index (χ3v) is 3.90. The van der Waals surface area contributed by atoms with Gasteiger partial charge in [0.05, 0.1) is 22.3 Å². The number of para-hydroxylation sites is 1. The van der Waals surface area contributed by atoms with E-state index in [4.69, 9.17) is 27.9 Å². The molecule has 2 N–H and O–H groups in total. The maximum atomic E-state index is 10.1. The predicted octanol–water partition coefficient (Wildman–Crippen LogP) is 5.47. The van der Waals surface area contributed by atoms with Crippen LogP contribution in [0.1, 0.15) is 12.5 Å². The number of ether oxygens (including phenoxy) is 1. The van der Waals surface area contributed by atoms with Crippen LogP contribution in [-0.4, -0.2) is 11.7 Å². The summed E-state index contributed by atoms with van der Waals surface area (Å²) in [6.07, 6.45) is 0. The quantitative estimate of drug-likeness (QED) is 0.710. The van der Waals surface area contributed by atoms with Gasteiger partial charge in [0.1, 0.15) is 0 Å². The van der Waals surface area contributed by atoms with E-state index in [2.05, 4.69) is 21.2 Å². The molecule has 0 spiro atoms. The lowest BCUT2D eigenvalue weighted by atomic mass is 10.2. The van der Waals surface area contributed by atoms with Crippen LogP contribution < -0.4 is 10.1 Å². The summed E-state index contributed by atoms with van der Waals surface area (Å²) in [5.41, 5.74) is 1.33. The third-order valence-electron chi connectivity index (χ3n) is 2.84. The van der Waals surface area contributed by atoms with Crippen molar-refractivity contribution in [2.75, 3.05) is 11.9 Å². The van der Waals surface area contributed by atoms with Gasteiger partial charge in [-0.3, -0.25) is 0 Å². The van der Waals surface area contributed by atoms with E-state index in [9.17, 15) is 5.11 Å². The minimum absolute atomic E-state index is 0.121. The summed E-state index contributed by atoms with van der Waals surface area (Å²) >= 11 is 15.6. The molecule has 2 aromatic carbocycles. The minimum atomic E-state index is 0.121. The average molecular weight is 391 g/mol. The number of aromatic hydroxyl groups is 1. The van der Waals surface area contributed by atoms with Gasteiger partial charge in [-0.25, -0.2) is 0 Å². The second-order valence-electron chi connectivity index (χ2n) is 4.29. The van der Waals surface area contributed by atoms with Gasteiger partial charge in [0.25, 0.3) is 0 Å². The molecule has 0 atom stereocenters. The average Bonchev–Trinajstić information content (AvgIpc) is 2.41. The Kier molecular flexibility index (Phi) is 5.62. The fourth-order valence-electron chi connectivity index (χ4n) is 1.88. The summed E-state index contributed by atoms with van der Waals surface area (Å²) in [6.45, 7) is 2.74. The monoisotopic (exact) mass is 389 g/mol. The normalized spacial score (nSPS) is 10.5. The van der Waals surface area contributed by atoms with Gasteiger partial charge in [0, 0.05) is 16.6 Å². The van der Waals surface area contributed by atoms with Crippen molar-refractivity contribution in [1.29, 1.82) is 0 Å². The van der Waals surface area contributed by atoms with Crippen molar-refractivity contribution in [2.45, 2.75) is 13.5 Å². The number of rotatable bonds is 5. The van der Waals surface area contributed by atoms with Gasteiger partial charge < -0.3 is 15.2 Å². The molecule has 0 saturated carbocycles. The molecule has 0 unspecified atom stereocenters. The molecule has 2 rings (SSSR count). The first kappa shape index (κ1) is 16.3. The Morgan fingerprint density at radius 2 is 1.90 bits per heavy atom. The smallest absolute Gasteiger partial charge is 0.162 e. The second-order valence-corrected chi connectivity index (χ2v) is 6.02. The van der Waals surface area contributed by atoms with Crippen LogP contribution in [0.15, 0.2) is 34.8 Å². The van der Waals surface area contributed by atoms with Crippen molar-refractivity contribution in [3.8, 4) is 11.5 Å². The zero-order valence-corrected chi connectivity index (χ0v) is 14.4. The summed E-state index contributed by atoms with van der Waals surface area (Å²) in [4.78, 5) is 0. The lowest BCUT2D eigenvalue weighted by molar-refractivity contribution is 0.317. The highest BCUT2D eigenvalue weighted by Gasteiger charge is 2.11. The number of anilines is 1. The fraction of sp³-hybridized carbons (Fsp3) is 0.200. The van der Waals surface area contributed by atoms with Crippen LogP contribution in [0.4, 0.5) is 5.69 Å². The summed E-state index contributed by atoms with van der Waals surface area (Å²) < 4.78 is 6.17. The molecule has 0 amide bonds. The van der Waals surface area contributed by atoms with E-state index in [1.165, 1.54) is 0 Å². The molecule has 0 heterocycles. The molecule has 0 aromatic heterocycles. The Morgan fingerprint density at radius 1 is 1.24 bits per heavy atom. The largest absolute Gasteiger partial charge is 0.504 e. The molecule has 21 heavy (non-hydrogen) atoms. The summed E-state index contributed by atoms with van der Waals surface area (Å²) in [6, 6.07) is 8.87. The first-order chi connectivity index (χ1) is 10.0. The number of hydrogen-bond acceptors (Lipinski definition) is 3. The lowest BCUT2D eigenvalue weighted by Crippen LogP contribution is -2.02. The number of nitrogens with one attached hydrogen (secondary N) is 1. The molecular weight excluding hydrogens is 377 g/mol. The first-order valence-electron chi connectivity index (χ1n) is 6.35. The minimum Gasteiger partial charge on any atom is -0.504 e. The maximum absolute atomic E-state index is 10.1. The van der Waals surface area contributed by atoms with Crippen LogP contribution in [0.5, 0.6) is 11.5 Å². The third kappa shape index (κ3) is 3.96. The van der Waals surface area contributed by atoms with Crippen molar-refractivity contribution >= 4 is 44.8 Å². The summed E-state index contributed by atoms with van der Waals surface area (Å²) in [5, 5.41) is 14.3. The van der Waals surface area contributed by atoms with Crippen LogP contribution in [0, 0.1) is 0 Å². The van der Waals surface area contributed by atoms with Crippen LogP contribution >= 0.6 is 39.1 Å². The van der Waals surface area contributed by atoms with E-state index in [0.717, 1.165) is 4.47 Å². The molecule has 0 bridgehead atoms. The maximum Gasteiger partial charge on any atom is 0.162 e. The standard InChI is InChI=1S/C15H14BrCl2NO2/c1-2-21-13-5-3-4-9(15(13)20)8-19-14-11(17)6-10(16)7-12(14)18/h3-7,19-20H,2,8H2,1H3.